The highest BCUT2D eigenvalue weighted by atomic mass is 35.5. The van der Waals surface area contributed by atoms with E-state index in [1.807, 2.05) is 18.2 Å². The second-order valence-electron chi connectivity index (χ2n) is 10.5. The smallest absolute Gasteiger partial charge is 0.244 e. The zero-order valence-corrected chi connectivity index (χ0v) is 25.2. The van der Waals surface area contributed by atoms with Crippen molar-refractivity contribution < 1.29 is 8.42 Å². The van der Waals surface area contributed by atoms with Gasteiger partial charge >= 0.3 is 0 Å². The lowest BCUT2D eigenvalue weighted by Crippen LogP contribution is -2.48. The number of imidazole rings is 1. The molecule has 9 heteroatoms. The molecule has 0 unspecified atom stereocenters. The largest absolute Gasteiger partial charge is 0.301 e. The zero-order chi connectivity index (χ0) is 28.7. The van der Waals surface area contributed by atoms with Crippen LogP contribution in [0.1, 0.15) is 16.8 Å². The summed E-state index contributed by atoms with van der Waals surface area (Å²) >= 11 is 12.2. The monoisotopic (exact) mass is 604 g/mol. The van der Waals surface area contributed by atoms with E-state index in [0.717, 1.165) is 28.2 Å². The van der Waals surface area contributed by atoms with Gasteiger partial charge < -0.3 is 4.40 Å². The van der Waals surface area contributed by atoms with Crippen LogP contribution in [0.4, 0.5) is 0 Å². The molecule has 1 aliphatic heterocycles. The van der Waals surface area contributed by atoms with Crippen molar-refractivity contribution in [3.63, 3.8) is 0 Å². The fourth-order valence-corrected chi connectivity index (χ4v) is 7.61. The lowest BCUT2D eigenvalue weighted by atomic mass is 10.00. The number of sulfonamides is 1. The minimum atomic E-state index is -3.73. The number of benzene rings is 3. The Bertz CT molecular complexity index is 1850. The first-order valence-corrected chi connectivity index (χ1v) is 15.7. The molecule has 0 spiro atoms. The number of aryl methyl sites for hydroxylation is 2. The van der Waals surface area contributed by atoms with E-state index in [2.05, 4.69) is 71.8 Å². The van der Waals surface area contributed by atoms with Crippen LogP contribution in [0.3, 0.4) is 0 Å². The van der Waals surface area contributed by atoms with E-state index < -0.39 is 10.0 Å². The molecule has 210 valence electrons. The average molecular weight is 606 g/mol. The van der Waals surface area contributed by atoms with Gasteiger partial charge in [-0.05, 0) is 60.9 Å². The van der Waals surface area contributed by atoms with Gasteiger partial charge in [0.25, 0.3) is 0 Å². The maximum atomic E-state index is 13.3. The highest BCUT2D eigenvalue weighted by molar-refractivity contribution is 7.89. The molecule has 1 aliphatic rings. The van der Waals surface area contributed by atoms with Gasteiger partial charge in [0.1, 0.15) is 10.5 Å². The Hall–Kier alpha value is -3.20. The van der Waals surface area contributed by atoms with Crippen LogP contribution in [0.15, 0.2) is 90.0 Å². The first kappa shape index (κ1) is 27.9. The number of halogens is 2. The first-order valence-electron chi connectivity index (χ1n) is 13.5. The fraction of sp³-hybridized carbons (Fsp3) is 0.219. The van der Waals surface area contributed by atoms with Crippen molar-refractivity contribution >= 4 is 38.9 Å². The average Bonchev–Trinajstić information content (AvgIpc) is 3.32. The molecule has 3 aromatic carbocycles. The minimum Gasteiger partial charge on any atom is -0.301 e. The Labute approximate surface area is 250 Å². The topological polar surface area (TPSA) is 57.9 Å². The summed E-state index contributed by atoms with van der Waals surface area (Å²) in [5.74, 6) is 0. The molecule has 3 heterocycles. The maximum Gasteiger partial charge on any atom is 0.244 e. The number of hydrogen-bond acceptors (Lipinski definition) is 4. The van der Waals surface area contributed by atoms with Crippen molar-refractivity contribution in [1.82, 2.24) is 18.6 Å². The van der Waals surface area contributed by atoms with Gasteiger partial charge in [-0.25, -0.2) is 13.4 Å². The Kier molecular flexibility index (Phi) is 7.66. The maximum absolute atomic E-state index is 13.3. The van der Waals surface area contributed by atoms with Crippen LogP contribution in [0, 0.1) is 13.8 Å². The third-order valence-electron chi connectivity index (χ3n) is 7.69. The summed E-state index contributed by atoms with van der Waals surface area (Å²) in [4.78, 5) is 7.41. The Balaban J connectivity index is 1.32. The molecule has 0 saturated carbocycles. The quantitative estimate of drug-likeness (QED) is 0.207. The normalized spacial score (nSPS) is 15.0. The van der Waals surface area contributed by atoms with Gasteiger partial charge in [-0.1, -0.05) is 77.3 Å². The predicted octanol–water partition coefficient (Wildman–Crippen LogP) is 7.10. The minimum absolute atomic E-state index is 0.0872. The molecule has 0 atom stereocenters. The van der Waals surface area contributed by atoms with Gasteiger partial charge in [-0.3, -0.25) is 4.90 Å². The van der Waals surface area contributed by atoms with Crippen molar-refractivity contribution in [3.05, 3.63) is 112 Å². The molecule has 0 bridgehead atoms. The lowest BCUT2D eigenvalue weighted by Gasteiger charge is -2.34. The summed E-state index contributed by atoms with van der Waals surface area (Å²) in [7, 11) is -3.73. The second-order valence-corrected chi connectivity index (χ2v) is 13.2. The highest BCUT2D eigenvalue weighted by Gasteiger charge is 2.31. The molecule has 0 radical (unpaired) electrons. The highest BCUT2D eigenvalue weighted by Crippen LogP contribution is 2.31. The van der Waals surface area contributed by atoms with Crippen molar-refractivity contribution in [3.8, 4) is 22.4 Å². The summed E-state index contributed by atoms with van der Waals surface area (Å²) in [5, 5.41) is 0.541. The zero-order valence-electron chi connectivity index (χ0n) is 22.9. The molecule has 6 rings (SSSR count). The van der Waals surface area contributed by atoms with E-state index in [1.54, 1.807) is 6.07 Å². The third kappa shape index (κ3) is 5.53. The number of pyridine rings is 1. The van der Waals surface area contributed by atoms with Crippen molar-refractivity contribution in [2.75, 3.05) is 26.2 Å². The first-order chi connectivity index (χ1) is 19.7. The van der Waals surface area contributed by atoms with Gasteiger partial charge in [0.05, 0.1) is 16.4 Å². The second kappa shape index (κ2) is 11.2. The van der Waals surface area contributed by atoms with Crippen LogP contribution in [0.2, 0.25) is 10.0 Å². The van der Waals surface area contributed by atoms with E-state index >= 15 is 0 Å². The Morgan fingerprint density at radius 2 is 1.59 bits per heavy atom. The molecule has 6 nitrogen and oxygen atoms in total. The summed E-state index contributed by atoms with van der Waals surface area (Å²) in [6.45, 7) is 6.79. The summed E-state index contributed by atoms with van der Waals surface area (Å²) in [5.41, 5.74) is 8.72. The van der Waals surface area contributed by atoms with Gasteiger partial charge in [0.15, 0.2) is 0 Å². The Morgan fingerprint density at radius 1 is 0.829 bits per heavy atom. The molecular weight excluding hydrogens is 575 g/mol. The van der Waals surface area contributed by atoms with Crippen molar-refractivity contribution in [2.24, 2.45) is 0 Å². The molecule has 5 aromatic rings. The van der Waals surface area contributed by atoms with Crippen molar-refractivity contribution in [1.29, 1.82) is 0 Å². The van der Waals surface area contributed by atoms with Crippen LogP contribution in [0.5, 0.6) is 0 Å². The number of fused-ring (bicyclic) bond motifs is 1. The molecule has 1 saturated heterocycles. The third-order valence-corrected chi connectivity index (χ3v) is 10.3. The number of aromatic nitrogens is 2. The van der Waals surface area contributed by atoms with Crippen LogP contribution in [0.25, 0.3) is 28.0 Å². The predicted molar refractivity (Wildman–Crippen MR) is 166 cm³/mol. The molecule has 0 amide bonds. The number of piperazine rings is 1. The van der Waals surface area contributed by atoms with Crippen molar-refractivity contribution in [2.45, 2.75) is 25.3 Å². The molecule has 0 N–H and O–H groups in total. The molecule has 0 aliphatic carbocycles. The molecule has 2 aromatic heterocycles. The number of rotatable bonds is 6. The van der Waals surface area contributed by atoms with E-state index in [-0.39, 0.29) is 9.92 Å². The lowest BCUT2D eigenvalue weighted by molar-refractivity contribution is 0.180. The van der Waals surface area contributed by atoms with Crippen LogP contribution >= 0.6 is 23.2 Å². The van der Waals surface area contributed by atoms with Gasteiger partial charge in [-0.2, -0.15) is 4.31 Å². The molecule has 41 heavy (non-hydrogen) atoms. The van der Waals surface area contributed by atoms with Gasteiger partial charge in [-0.15, -0.1) is 0 Å². The van der Waals surface area contributed by atoms with E-state index in [1.165, 1.54) is 33.1 Å². The van der Waals surface area contributed by atoms with Crippen LogP contribution < -0.4 is 0 Å². The van der Waals surface area contributed by atoms with Gasteiger partial charge in [0, 0.05) is 49.5 Å². The van der Waals surface area contributed by atoms with Crippen LogP contribution in [-0.2, 0) is 16.6 Å². The fourth-order valence-electron chi connectivity index (χ4n) is 5.44. The standard InChI is InChI=1S/C32H30Cl2N4O2S/c1-22-8-9-23(2)27(18-22)25-10-13-31-35-32(24-6-4-3-5-7-24)29(38(31)20-25)21-36-14-16-37(17-15-36)41(39,40)30-12-11-26(33)19-28(30)34/h3-13,18-20H,14-17,21H2,1-2H3. The summed E-state index contributed by atoms with van der Waals surface area (Å²) in [6, 6.07) is 25.4. The number of nitrogens with zero attached hydrogens (tertiary/aromatic N) is 4. The van der Waals surface area contributed by atoms with Crippen LogP contribution in [-0.4, -0.2) is 53.2 Å². The van der Waals surface area contributed by atoms with E-state index in [0.29, 0.717) is 37.7 Å². The van der Waals surface area contributed by atoms with Gasteiger partial charge in [0.2, 0.25) is 10.0 Å². The summed E-state index contributed by atoms with van der Waals surface area (Å²) < 4.78 is 30.4. The SMILES string of the molecule is Cc1ccc(C)c(-c2ccc3nc(-c4ccccc4)c(CN4CCN(S(=O)(=O)c5ccc(Cl)cc5Cl)CC4)n3c2)c1. The molecular formula is C32H30Cl2N4O2S. The van der Waals surface area contributed by atoms with E-state index in [4.69, 9.17) is 28.2 Å². The molecule has 1 fully saturated rings. The number of hydrogen-bond donors (Lipinski definition) is 0. The summed E-state index contributed by atoms with van der Waals surface area (Å²) in [6.07, 6.45) is 2.18. The van der Waals surface area contributed by atoms with E-state index in [9.17, 15) is 8.42 Å². The Morgan fingerprint density at radius 3 is 2.32 bits per heavy atom.